The van der Waals surface area contributed by atoms with Crippen molar-refractivity contribution in [3.05, 3.63) is 70.8 Å². The lowest BCUT2D eigenvalue weighted by atomic mass is 10.0. The number of likely N-dealkylation sites (tertiary alicyclic amines) is 1. The van der Waals surface area contributed by atoms with Crippen molar-refractivity contribution in [3.63, 3.8) is 0 Å². The topological polar surface area (TPSA) is 90.9 Å². The molecule has 1 aliphatic heterocycles. The third-order valence-corrected chi connectivity index (χ3v) is 6.83. The summed E-state index contributed by atoms with van der Waals surface area (Å²) in [6.45, 7) is 1.86. The number of nitrogens with zero attached hydrogens (tertiary/aromatic N) is 1. The molecule has 2 aliphatic rings. The number of aliphatic hydroxyl groups is 1. The van der Waals surface area contributed by atoms with E-state index in [1.54, 1.807) is 31.4 Å². The van der Waals surface area contributed by atoms with Crippen LogP contribution in [0.1, 0.15) is 51.1 Å². The second-order valence-electron chi connectivity index (χ2n) is 9.33. The van der Waals surface area contributed by atoms with Crippen LogP contribution in [0.15, 0.2) is 48.5 Å². The number of hydrogen-bond acceptors (Lipinski definition) is 5. The second kappa shape index (κ2) is 11.6. The fourth-order valence-corrected chi connectivity index (χ4v) is 4.95. The minimum atomic E-state index is -0.676. The van der Waals surface area contributed by atoms with Crippen LogP contribution >= 0.6 is 0 Å². The molecule has 0 aromatic heterocycles. The zero-order chi connectivity index (χ0) is 23.9. The van der Waals surface area contributed by atoms with Crippen LogP contribution in [-0.2, 0) is 17.6 Å². The Balaban J connectivity index is 1.22. The number of benzene rings is 2. The molecular weight excluding hydrogens is 430 g/mol. The number of amides is 2. The SMILES string of the molecule is COCC1CCCCN1C(=O)c1ccc(C(=O)NCC(O)CNC2Cc3ccccc3C2)cc1. The number of ether oxygens (including phenoxy) is 1. The summed E-state index contributed by atoms with van der Waals surface area (Å²) in [4.78, 5) is 27.4. The minimum Gasteiger partial charge on any atom is -0.390 e. The van der Waals surface area contributed by atoms with Gasteiger partial charge >= 0.3 is 0 Å². The van der Waals surface area contributed by atoms with Gasteiger partial charge in [-0.25, -0.2) is 0 Å². The minimum absolute atomic E-state index is 0.0238. The number of rotatable bonds is 9. The van der Waals surface area contributed by atoms with Gasteiger partial charge in [-0.05, 0) is 67.5 Å². The zero-order valence-corrected chi connectivity index (χ0v) is 19.8. The Morgan fingerprint density at radius 2 is 1.71 bits per heavy atom. The van der Waals surface area contributed by atoms with Crippen molar-refractivity contribution < 1.29 is 19.4 Å². The fraction of sp³-hybridized carbons (Fsp3) is 0.481. The highest BCUT2D eigenvalue weighted by Gasteiger charge is 2.27. The number of methoxy groups -OCH3 is 1. The van der Waals surface area contributed by atoms with Gasteiger partial charge in [-0.15, -0.1) is 0 Å². The van der Waals surface area contributed by atoms with Gasteiger partial charge in [0.25, 0.3) is 11.8 Å². The molecule has 2 unspecified atom stereocenters. The van der Waals surface area contributed by atoms with E-state index in [1.165, 1.54) is 11.1 Å². The summed E-state index contributed by atoms with van der Waals surface area (Å²) in [6.07, 6.45) is 4.30. The Bertz CT molecular complexity index is 951. The van der Waals surface area contributed by atoms with E-state index in [4.69, 9.17) is 4.74 Å². The monoisotopic (exact) mass is 465 g/mol. The zero-order valence-electron chi connectivity index (χ0n) is 19.8. The number of piperidine rings is 1. The van der Waals surface area contributed by atoms with Crippen molar-refractivity contribution >= 4 is 11.8 Å². The molecule has 7 nitrogen and oxygen atoms in total. The lowest BCUT2D eigenvalue weighted by Crippen LogP contribution is -2.46. The molecule has 0 bridgehead atoms. The first-order valence-electron chi connectivity index (χ1n) is 12.2. The normalized spacial score (nSPS) is 19.0. The lowest BCUT2D eigenvalue weighted by Gasteiger charge is -2.35. The van der Waals surface area contributed by atoms with E-state index in [9.17, 15) is 14.7 Å². The van der Waals surface area contributed by atoms with Crippen LogP contribution in [0, 0.1) is 0 Å². The van der Waals surface area contributed by atoms with E-state index >= 15 is 0 Å². The van der Waals surface area contributed by atoms with E-state index in [1.807, 2.05) is 4.90 Å². The average molecular weight is 466 g/mol. The summed E-state index contributed by atoms with van der Waals surface area (Å²) in [6, 6.07) is 15.6. The molecule has 3 N–H and O–H groups in total. The van der Waals surface area contributed by atoms with E-state index in [0.717, 1.165) is 38.6 Å². The summed E-state index contributed by atoms with van der Waals surface area (Å²) in [5.41, 5.74) is 3.76. The quantitative estimate of drug-likeness (QED) is 0.528. The van der Waals surface area contributed by atoms with Gasteiger partial charge < -0.3 is 25.4 Å². The third-order valence-electron chi connectivity index (χ3n) is 6.83. The summed E-state index contributed by atoms with van der Waals surface area (Å²) in [7, 11) is 1.66. The highest BCUT2D eigenvalue weighted by molar-refractivity contribution is 5.98. The predicted molar refractivity (Wildman–Crippen MR) is 131 cm³/mol. The number of carbonyl (C=O) groups is 2. The van der Waals surface area contributed by atoms with E-state index < -0.39 is 6.10 Å². The first-order chi connectivity index (χ1) is 16.5. The molecule has 0 saturated carbocycles. The largest absolute Gasteiger partial charge is 0.390 e. The van der Waals surface area contributed by atoms with Crippen LogP contribution in [-0.4, -0.2) is 73.4 Å². The van der Waals surface area contributed by atoms with E-state index in [0.29, 0.717) is 30.3 Å². The van der Waals surface area contributed by atoms with E-state index in [-0.39, 0.29) is 24.4 Å². The number of fused-ring (bicyclic) bond motifs is 1. The predicted octanol–water partition coefficient (Wildman–Crippen LogP) is 2.18. The molecule has 7 heteroatoms. The summed E-state index contributed by atoms with van der Waals surface area (Å²) >= 11 is 0. The number of hydrogen-bond donors (Lipinski definition) is 3. The summed E-state index contributed by atoms with van der Waals surface area (Å²) in [5.74, 6) is -0.286. The van der Waals surface area contributed by atoms with Crippen LogP contribution in [0.5, 0.6) is 0 Å². The molecule has 0 radical (unpaired) electrons. The molecule has 0 spiro atoms. The van der Waals surface area contributed by atoms with Crippen molar-refractivity contribution in [2.75, 3.05) is 33.4 Å². The summed E-state index contributed by atoms with van der Waals surface area (Å²) in [5, 5.41) is 16.5. The Morgan fingerprint density at radius 1 is 1.03 bits per heavy atom. The van der Waals surface area contributed by atoms with Crippen molar-refractivity contribution in [3.8, 4) is 0 Å². The Morgan fingerprint density at radius 3 is 2.38 bits per heavy atom. The van der Waals surface area contributed by atoms with Crippen LogP contribution in [0.4, 0.5) is 0 Å². The standard InChI is InChI=1S/C27H35N3O4/c1-34-18-24-8-4-5-13-30(24)27(33)20-11-9-19(10-12-20)26(32)29-17-25(31)16-28-23-14-21-6-2-3-7-22(21)15-23/h2-3,6-7,9-12,23-25,28,31H,4-5,8,13-18H2,1H3,(H,29,32). The van der Waals surface area contributed by atoms with Crippen molar-refractivity contribution in [2.24, 2.45) is 0 Å². The van der Waals surface area contributed by atoms with Crippen LogP contribution in [0.3, 0.4) is 0 Å². The molecule has 1 fully saturated rings. The molecule has 1 saturated heterocycles. The van der Waals surface area contributed by atoms with E-state index in [2.05, 4.69) is 34.9 Å². The van der Waals surface area contributed by atoms with Crippen molar-refractivity contribution in [1.29, 1.82) is 0 Å². The van der Waals surface area contributed by atoms with Gasteiger partial charge in [-0.3, -0.25) is 9.59 Å². The molecule has 2 aromatic rings. The number of aliphatic hydroxyl groups excluding tert-OH is 1. The Hall–Kier alpha value is -2.74. The Kier molecular flexibility index (Phi) is 8.32. The first kappa shape index (κ1) is 24.4. The molecular formula is C27H35N3O4. The smallest absolute Gasteiger partial charge is 0.254 e. The molecule has 2 amide bonds. The van der Waals surface area contributed by atoms with Crippen molar-refractivity contribution in [2.45, 2.75) is 50.3 Å². The summed E-state index contributed by atoms with van der Waals surface area (Å²) < 4.78 is 5.28. The lowest BCUT2D eigenvalue weighted by molar-refractivity contribution is 0.0428. The fourth-order valence-electron chi connectivity index (χ4n) is 4.95. The number of nitrogens with one attached hydrogen (secondary N) is 2. The Labute approximate surface area is 201 Å². The van der Waals surface area contributed by atoms with Gasteiger partial charge in [-0.1, -0.05) is 24.3 Å². The van der Waals surface area contributed by atoms with Gasteiger partial charge in [0.15, 0.2) is 0 Å². The third kappa shape index (κ3) is 6.03. The van der Waals surface area contributed by atoms with Gasteiger partial charge in [-0.2, -0.15) is 0 Å². The average Bonchev–Trinajstić information content (AvgIpc) is 3.29. The highest BCUT2D eigenvalue weighted by Crippen LogP contribution is 2.22. The molecule has 34 heavy (non-hydrogen) atoms. The molecule has 1 heterocycles. The van der Waals surface area contributed by atoms with Gasteiger partial charge in [0.2, 0.25) is 0 Å². The van der Waals surface area contributed by atoms with Crippen LogP contribution < -0.4 is 10.6 Å². The van der Waals surface area contributed by atoms with Gasteiger partial charge in [0, 0.05) is 43.9 Å². The first-order valence-corrected chi connectivity index (χ1v) is 12.2. The number of carbonyl (C=O) groups excluding carboxylic acids is 2. The second-order valence-corrected chi connectivity index (χ2v) is 9.33. The maximum absolute atomic E-state index is 13.0. The molecule has 182 valence electrons. The van der Waals surface area contributed by atoms with Crippen LogP contribution in [0.2, 0.25) is 0 Å². The van der Waals surface area contributed by atoms with Gasteiger partial charge in [0.1, 0.15) is 0 Å². The maximum Gasteiger partial charge on any atom is 0.254 e. The van der Waals surface area contributed by atoms with Crippen molar-refractivity contribution in [1.82, 2.24) is 15.5 Å². The molecule has 2 atom stereocenters. The van der Waals surface area contributed by atoms with Gasteiger partial charge in [0.05, 0.1) is 18.8 Å². The molecule has 2 aromatic carbocycles. The van der Waals surface area contributed by atoms with Crippen LogP contribution in [0.25, 0.3) is 0 Å². The molecule has 1 aliphatic carbocycles. The molecule has 4 rings (SSSR count). The maximum atomic E-state index is 13.0. The highest BCUT2D eigenvalue weighted by atomic mass is 16.5.